The molecule has 0 fully saturated rings. The van der Waals surface area contributed by atoms with Crippen molar-refractivity contribution in [2.45, 2.75) is 20.0 Å². The largest absolute Gasteiger partial charge is 0.494 e. The highest BCUT2D eigenvalue weighted by Gasteiger charge is 2.07. The first-order valence-corrected chi connectivity index (χ1v) is 8.11. The van der Waals surface area contributed by atoms with Crippen molar-refractivity contribution in [3.63, 3.8) is 0 Å². The Hall–Kier alpha value is -2.89. The molecule has 2 aromatic rings. The van der Waals surface area contributed by atoms with Crippen molar-refractivity contribution >= 4 is 6.03 Å². The SMILES string of the molecule is CCOc1ccccc1CNC(=O)NCc1ccc(OC)c(OC)c1. The highest BCUT2D eigenvalue weighted by Crippen LogP contribution is 2.27. The molecule has 0 radical (unpaired) electrons. The molecule has 134 valence electrons. The lowest BCUT2D eigenvalue weighted by Gasteiger charge is -2.12. The van der Waals surface area contributed by atoms with E-state index in [2.05, 4.69) is 10.6 Å². The average Bonchev–Trinajstić information content (AvgIpc) is 2.65. The van der Waals surface area contributed by atoms with Crippen LogP contribution >= 0.6 is 0 Å². The van der Waals surface area contributed by atoms with Gasteiger partial charge < -0.3 is 24.8 Å². The third-order valence-electron chi connectivity index (χ3n) is 3.61. The van der Waals surface area contributed by atoms with Crippen LogP contribution in [0.15, 0.2) is 42.5 Å². The maximum absolute atomic E-state index is 12.0. The lowest BCUT2D eigenvalue weighted by Crippen LogP contribution is -2.34. The van der Waals surface area contributed by atoms with E-state index in [9.17, 15) is 4.79 Å². The van der Waals surface area contributed by atoms with Crippen LogP contribution in [0.4, 0.5) is 4.79 Å². The van der Waals surface area contributed by atoms with Gasteiger partial charge in [-0.2, -0.15) is 0 Å². The summed E-state index contributed by atoms with van der Waals surface area (Å²) in [5, 5.41) is 5.66. The highest BCUT2D eigenvalue weighted by atomic mass is 16.5. The monoisotopic (exact) mass is 344 g/mol. The van der Waals surface area contributed by atoms with Gasteiger partial charge in [-0.25, -0.2) is 4.79 Å². The number of hydrogen-bond donors (Lipinski definition) is 2. The first kappa shape index (κ1) is 18.4. The van der Waals surface area contributed by atoms with Crippen LogP contribution in [0.2, 0.25) is 0 Å². The minimum atomic E-state index is -0.249. The molecule has 0 unspecified atom stereocenters. The van der Waals surface area contributed by atoms with E-state index in [4.69, 9.17) is 14.2 Å². The number of amides is 2. The molecule has 0 aliphatic carbocycles. The number of nitrogens with one attached hydrogen (secondary N) is 2. The fraction of sp³-hybridized carbons (Fsp3) is 0.316. The van der Waals surface area contributed by atoms with Gasteiger partial charge in [-0.15, -0.1) is 0 Å². The van der Waals surface area contributed by atoms with Crippen molar-refractivity contribution in [1.29, 1.82) is 0 Å². The summed E-state index contributed by atoms with van der Waals surface area (Å²) >= 11 is 0. The molecule has 2 rings (SSSR count). The van der Waals surface area contributed by atoms with Gasteiger partial charge in [0, 0.05) is 18.7 Å². The number of urea groups is 1. The van der Waals surface area contributed by atoms with Gasteiger partial charge in [0.25, 0.3) is 0 Å². The Morgan fingerprint density at radius 2 is 1.64 bits per heavy atom. The molecule has 25 heavy (non-hydrogen) atoms. The Morgan fingerprint density at radius 3 is 2.36 bits per heavy atom. The molecular formula is C19H24N2O4. The van der Waals surface area contributed by atoms with Crippen molar-refractivity contribution in [2.24, 2.45) is 0 Å². The van der Waals surface area contributed by atoms with Gasteiger partial charge in [-0.3, -0.25) is 0 Å². The molecule has 2 amide bonds. The average molecular weight is 344 g/mol. The molecule has 0 aromatic heterocycles. The molecule has 0 aliphatic rings. The second-order valence-corrected chi connectivity index (χ2v) is 5.27. The van der Waals surface area contributed by atoms with Crippen LogP contribution in [0.1, 0.15) is 18.1 Å². The van der Waals surface area contributed by atoms with E-state index in [-0.39, 0.29) is 6.03 Å². The molecule has 0 spiro atoms. The minimum Gasteiger partial charge on any atom is -0.494 e. The molecule has 0 atom stereocenters. The van der Waals surface area contributed by atoms with Gasteiger partial charge in [-0.1, -0.05) is 24.3 Å². The van der Waals surface area contributed by atoms with Crippen molar-refractivity contribution in [3.05, 3.63) is 53.6 Å². The molecule has 6 heteroatoms. The quantitative estimate of drug-likeness (QED) is 0.772. The van der Waals surface area contributed by atoms with Crippen LogP contribution in [-0.2, 0) is 13.1 Å². The molecule has 2 N–H and O–H groups in total. The molecule has 0 saturated heterocycles. The van der Waals surface area contributed by atoms with E-state index in [1.54, 1.807) is 14.2 Å². The van der Waals surface area contributed by atoms with E-state index in [1.807, 2.05) is 49.4 Å². The third kappa shape index (κ3) is 5.31. The van der Waals surface area contributed by atoms with E-state index in [0.29, 0.717) is 31.2 Å². The van der Waals surface area contributed by atoms with Crippen LogP contribution in [0.3, 0.4) is 0 Å². The zero-order chi connectivity index (χ0) is 18.1. The predicted octanol–water partition coefficient (Wildman–Crippen LogP) is 3.10. The predicted molar refractivity (Wildman–Crippen MR) is 96.2 cm³/mol. The van der Waals surface area contributed by atoms with Gasteiger partial charge in [0.05, 0.1) is 20.8 Å². The van der Waals surface area contributed by atoms with Gasteiger partial charge >= 0.3 is 6.03 Å². The molecule has 0 aliphatic heterocycles. The summed E-state index contributed by atoms with van der Waals surface area (Å²) in [6.45, 7) is 3.30. The number of benzene rings is 2. The summed E-state index contributed by atoms with van der Waals surface area (Å²) in [6, 6.07) is 12.9. The Balaban J connectivity index is 1.87. The second kappa shape index (κ2) is 9.42. The summed E-state index contributed by atoms with van der Waals surface area (Å²) in [6.07, 6.45) is 0. The first-order valence-electron chi connectivity index (χ1n) is 8.11. The number of para-hydroxylation sites is 1. The minimum absolute atomic E-state index is 0.249. The lowest BCUT2D eigenvalue weighted by molar-refractivity contribution is 0.240. The fourth-order valence-electron chi connectivity index (χ4n) is 2.36. The number of hydrogen-bond acceptors (Lipinski definition) is 4. The summed E-state index contributed by atoms with van der Waals surface area (Å²) < 4.78 is 16.0. The third-order valence-corrected chi connectivity index (χ3v) is 3.61. The van der Waals surface area contributed by atoms with Gasteiger partial charge in [0.2, 0.25) is 0 Å². The first-order chi connectivity index (χ1) is 12.2. The van der Waals surface area contributed by atoms with Crippen molar-refractivity contribution in [3.8, 4) is 17.2 Å². The summed E-state index contributed by atoms with van der Waals surface area (Å²) in [4.78, 5) is 12.0. The maximum Gasteiger partial charge on any atom is 0.315 e. The van der Waals surface area contributed by atoms with Crippen LogP contribution in [0.25, 0.3) is 0 Å². The normalized spacial score (nSPS) is 10.0. The van der Waals surface area contributed by atoms with Crippen LogP contribution in [-0.4, -0.2) is 26.9 Å². The van der Waals surface area contributed by atoms with E-state index >= 15 is 0 Å². The smallest absolute Gasteiger partial charge is 0.315 e. The van der Waals surface area contributed by atoms with Crippen LogP contribution in [0, 0.1) is 0 Å². The Bertz CT molecular complexity index is 704. The zero-order valence-corrected chi connectivity index (χ0v) is 14.8. The number of carbonyl (C=O) groups is 1. The van der Waals surface area contributed by atoms with Crippen molar-refractivity contribution in [2.75, 3.05) is 20.8 Å². The van der Waals surface area contributed by atoms with Crippen molar-refractivity contribution in [1.82, 2.24) is 10.6 Å². The Morgan fingerprint density at radius 1 is 0.920 bits per heavy atom. The molecule has 2 aromatic carbocycles. The second-order valence-electron chi connectivity index (χ2n) is 5.27. The van der Waals surface area contributed by atoms with E-state index in [0.717, 1.165) is 16.9 Å². The standard InChI is InChI=1S/C19H24N2O4/c1-4-25-16-8-6-5-7-15(16)13-21-19(22)20-12-14-9-10-17(23-2)18(11-14)24-3/h5-11H,4,12-13H2,1-3H3,(H2,20,21,22). The van der Waals surface area contributed by atoms with Crippen molar-refractivity contribution < 1.29 is 19.0 Å². The van der Waals surface area contributed by atoms with E-state index < -0.39 is 0 Å². The molecule has 0 bridgehead atoms. The summed E-state index contributed by atoms with van der Waals surface area (Å²) in [5.41, 5.74) is 1.85. The molecule has 0 saturated carbocycles. The lowest BCUT2D eigenvalue weighted by atomic mass is 10.2. The van der Waals surface area contributed by atoms with Gasteiger partial charge in [0.1, 0.15) is 5.75 Å². The van der Waals surface area contributed by atoms with Crippen LogP contribution < -0.4 is 24.8 Å². The topological polar surface area (TPSA) is 68.8 Å². The number of rotatable bonds is 8. The van der Waals surface area contributed by atoms with Crippen LogP contribution in [0.5, 0.6) is 17.2 Å². The molecule has 0 heterocycles. The summed E-state index contributed by atoms with van der Waals surface area (Å²) in [7, 11) is 3.17. The Kier molecular flexibility index (Phi) is 6.95. The molecular weight excluding hydrogens is 320 g/mol. The van der Waals surface area contributed by atoms with E-state index in [1.165, 1.54) is 0 Å². The number of methoxy groups -OCH3 is 2. The fourth-order valence-corrected chi connectivity index (χ4v) is 2.36. The highest BCUT2D eigenvalue weighted by molar-refractivity contribution is 5.74. The zero-order valence-electron chi connectivity index (χ0n) is 14.8. The number of carbonyl (C=O) groups excluding carboxylic acids is 1. The van der Waals surface area contributed by atoms with Gasteiger partial charge in [-0.05, 0) is 30.7 Å². The molecule has 6 nitrogen and oxygen atoms in total. The number of ether oxygens (including phenoxy) is 3. The summed E-state index contributed by atoms with van der Waals surface area (Å²) in [5.74, 6) is 2.07. The Labute approximate surface area is 148 Å². The maximum atomic E-state index is 12.0. The van der Waals surface area contributed by atoms with Gasteiger partial charge in [0.15, 0.2) is 11.5 Å².